The molecular weight excluding hydrogens is 182 g/mol. The zero-order valence-corrected chi connectivity index (χ0v) is 7.67. The first-order valence-electron chi connectivity index (χ1n) is 4.32. The number of hydrogen-bond acceptors (Lipinski definition) is 3. The molecule has 0 unspecified atom stereocenters. The van der Waals surface area contributed by atoms with E-state index in [1.165, 1.54) is 6.07 Å². The predicted octanol–water partition coefficient (Wildman–Crippen LogP) is 1.96. The monoisotopic (exact) mass is 191 g/mol. The average molecular weight is 191 g/mol. The fourth-order valence-corrected chi connectivity index (χ4v) is 1.49. The first-order valence-corrected chi connectivity index (χ1v) is 4.32. The van der Waals surface area contributed by atoms with E-state index in [-0.39, 0.29) is 10.6 Å². The van der Waals surface area contributed by atoms with Gasteiger partial charge in [0.15, 0.2) is 0 Å². The minimum absolute atomic E-state index is 0.113. The van der Waals surface area contributed by atoms with E-state index in [9.17, 15) is 10.1 Å². The number of nitro benzene ring substituents is 1. The van der Waals surface area contributed by atoms with Gasteiger partial charge in [-0.05, 0) is 13.0 Å². The highest BCUT2D eigenvalue weighted by molar-refractivity contribution is 5.84. The summed E-state index contributed by atoms with van der Waals surface area (Å²) >= 11 is 0. The molecule has 0 aliphatic rings. The third kappa shape index (κ3) is 1.14. The van der Waals surface area contributed by atoms with Crippen LogP contribution in [0.2, 0.25) is 0 Å². The summed E-state index contributed by atoms with van der Waals surface area (Å²) in [6.07, 6.45) is 1.62. The van der Waals surface area contributed by atoms with Crippen LogP contribution in [0.15, 0.2) is 24.5 Å². The van der Waals surface area contributed by atoms with Gasteiger partial charge in [-0.25, -0.2) is 4.98 Å². The lowest BCUT2D eigenvalue weighted by Crippen LogP contribution is -1.96. The van der Waals surface area contributed by atoms with Crippen LogP contribution in [-0.2, 0) is 6.54 Å². The van der Waals surface area contributed by atoms with Crippen LogP contribution in [0.4, 0.5) is 5.69 Å². The first kappa shape index (κ1) is 8.68. The Labute approximate surface area is 80.1 Å². The molecule has 72 valence electrons. The van der Waals surface area contributed by atoms with Crippen LogP contribution < -0.4 is 0 Å². The molecule has 0 saturated heterocycles. The third-order valence-electron chi connectivity index (χ3n) is 2.15. The topological polar surface area (TPSA) is 61.0 Å². The van der Waals surface area contributed by atoms with Gasteiger partial charge < -0.3 is 4.57 Å². The lowest BCUT2D eigenvalue weighted by atomic mass is 10.2. The van der Waals surface area contributed by atoms with Gasteiger partial charge in [0.05, 0.1) is 16.8 Å². The zero-order valence-electron chi connectivity index (χ0n) is 7.67. The van der Waals surface area contributed by atoms with Crippen molar-refractivity contribution in [1.82, 2.24) is 9.55 Å². The molecule has 5 heteroatoms. The number of hydrogen-bond donors (Lipinski definition) is 0. The molecule has 0 aliphatic heterocycles. The van der Waals surface area contributed by atoms with Crippen molar-refractivity contribution in [2.24, 2.45) is 0 Å². The minimum Gasteiger partial charge on any atom is -0.325 e. The highest BCUT2D eigenvalue weighted by atomic mass is 16.6. The second-order valence-corrected chi connectivity index (χ2v) is 2.93. The van der Waals surface area contributed by atoms with Crippen LogP contribution >= 0.6 is 0 Å². The van der Waals surface area contributed by atoms with Crippen molar-refractivity contribution in [3.8, 4) is 0 Å². The summed E-state index contributed by atoms with van der Waals surface area (Å²) in [4.78, 5) is 14.5. The number of imidazole rings is 1. The maximum Gasteiger partial charge on any atom is 0.295 e. The molecule has 0 spiro atoms. The van der Waals surface area contributed by atoms with Crippen LogP contribution in [0.5, 0.6) is 0 Å². The maximum absolute atomic E-state index is 10.7. The maximum atomic E-state index is 10.7. The van der Waals surface area contributed by atoms with E-state index in [1.54, 1.807) is 23.0 Å². The Bertz CT molecular complexity index is 490. The summed E-state index contributed by atoms with van der Waals surface area (Å²) < 4.78 is 1.77. The van der Waals surface area contributed by atoms with Gasteiger partial charge in [0.25, 0.3) is 5.69 Å². The Morgan fingerprint density at radius 1 is 1.57 bits per heavy atom. The van der Waals surface area contributed by atoms with Gasteiger partial charge in [0.1, 0.15) is 5.52 Å². The van der Waals surface area contributed by atoms with Crippen LogP contribution in [-0.4, -0.2) is 14.5 Å². The van der Waals surface area contributed by atoms with Gasteiger partial charge in [0.2, 0.25) is 0 Å². The standard InChI is InChI=1S/C9H9N3O2/c1-2-11-6-10-7-4-3-5-8(9(7)11)12(13)14/h3-6H,2H2,1H3. The van der Waals surface area contributed by atoms with Crippen molar-refractivity contribution in [3.05, 3.63) is 34.6 Å². The number of benzene rings is 1. The summed E-state index contributed by atoms with van der Waals surface area (Å²) in [6, 6.07) is 4.91. The molecule has 0 radical (unpaired) electrons. The second-order valence-electron chi connectivity index (χ2n) is 2.93. The molecule has 1 heterocycles. The fraction of sp³-hybridized carbons (Fsp3) is 0.222. The van der Waals surface area contributed by atoms with Gasteiger partial charge in [-0.1, -0.05) is 6.07 Å². The molecule has 2 rings (SSSR count). The number of rotatable bonds is 2. The highest BCUT2D eigenvalue weighted by Crippen LogP contribution is 2.24. The molecule has 0 fully saturated rings. The number of para-hydroxylation sites is 1. The third-order valence-corrected chi connectivity index (χ3v) is 2.15. The number of aryl methyl sites for hydroxylation is 1. The Morgan fingerprint density at radius 3 is 3.00 bits per heavy atom. The van der Waals surface area contributed by atoms with Gasteiger partial charge in [-0.3, -0.25) is 10.1 Å². The van der Waals surface area contributed by atoms with E-state index < -0.39 is 0 Å². The van der Waals surface area contributed by atoms with Crippen LogP contribution in [0.25, 0.3) is 11.0 Å². The van der Waals surface area contributed by atoms with Gasteiger partial charge >= 0.3 is 0 Å². The van der Waals surface area contributed by atoms with E-state index in [4.69, 9.17) is 0 Å². The number of non-ortho nitro benzene ring substituents is 1. The largest absolute Gasteiger partial charge is 0.325 e. The summed E-state index contributed by atoms with van der Waals surface area (Å²) in [6.45, 7) is 2.61. The van der Waals surface area contributed by atoms with Crippen LogP contribution in [0, 0.1) is 10.1 Å². The van der Waals surface area contributed by atoms with Crippen molar-refractivity contribution in [2.45, 2.75) is 13.5 Å². The number of aromatic nitrogens is 2. The minimum atomic E-state index is -0.379. The Morgan fingerprint density at radius 2 is 2.36 bits per heavy atom. The molecule has 5 nitrogen and oxygen atoms in total. The van der Waals surface area contributed by atoms with E-state index in [2.05, 4.69) is 4.98 Å². The second kappa shape index (κ2) is 3.10. The zero-order chi connectivity index (χ0) is 10.1. The highest BCUT2D eigenvalue weighted by Gasteiger charge is 2.15. The molecule has 0 saturated carbocycles. The van der Waals surface area contributed by atoms with Crippen LogP contribution in [0.3, 0.4) is 0 Å². The van der Waals surface area contributed by atoms with Gasteiger partial charge in [0, 0.05) is 12.6 Å². The van der Waals surface area contributed by atoms with E-state index >= 15 is 0 Å². The summed E-state index contributed by atoms with van der Waals surface area (Å²) in [5.41, 5.74) is 1.38. The number of fused-ring (bicyclic) bond motifs is 1. The molecule has 1 aromatic carbocycles. The Kier molecular flexibility index (Phi) is 1.92. The molecule has 0 N–H and O–H groups in total. The van der Waals surface area contributed by atoms with Crippen molar-refractivity contribution in [1.29, 1.82) is 0 Å². The summed E-state index contributed by atoms with van der Waals surface area (Å²) in [5.74, 6) is 0. The number of nitrogens with zero attached hydrogens (tertiary/aromatic N) is 3. The molecule has 0 aliphatic carbocycles. The van der Waals surface area contributed by atoms with Gasteiger partial charge in [-0.15, -0.1) is 0 Å². The van der Waals surface area contributed by atoms with Crippen LogP contribution in [0.1, 0.15) is 6.92 Å². The molecule has 0 amide bonds. The molecule has 0 atom stereocenters. The predicted molar refractivity (Wildman–Crippen MR) is 52.1 cm³/mol. The Hall–Kier alpha value is -1.91. The molecule has 0 bridgehead atoms. The van der Waals surface area contributed by atoms with E-state index in [0.717, 1.165) is 0 Å². The van der Waals surface area contributed by atoms with Crippen molar-refractivity contribution in [3.63, 3.8) is 0 Å². The molecule has 14 heavy (non-hydrogen) atoms. The van der Waals surface area contributed by atoms with Crippen molar-refractivity contribution in [2.75, 3.05) is 0 Å². The van der Waals surface area contributed by atoms with E-state index in [0.29, 0.717) is 17.6 Å². The lowest BCUT2D eigenvalue weighted by Gasteiger charge is -1.99. The smallest absolute Gasteiger partial charge is 0.295 e. The first-order chi connectivity index (χ1) is 6.74. The fourth-order valence-electron chi connectivity index (χ4n) is 1.49. The molecule has 1 aromatic heterocycles. The van der Waals surface area contributed by atoms with Gasteiger partial charge in [-0.2, -0.15) is 0 Å². The molecule has 2 aromatic rings. The SMILES string of the molecule is CCn1cnc2cccc([N+](=O)[O-])c21. The van der Waals surface area contributed by atoms with Crippen molar-refractivity contribution >= 4 is 16.7 Å². The quantitative estimate of drug-likeness (QED) is 0.538. The lowest BCUT2D eigenvalue weighted by molar-refractivity contribution is -0.383. The normalized spacial score (nSPS) is 10.6. The molecular formula is C9H9N3O2. The van der Waals surface area contributed by atoms with Crippen molar-refractivity contribution < 1.29 is 4.92 Å². The Balaban J connectivity index is 2.81. The average Bonchev–Trinajstić information content (AvgIpc) is 2.59. The van der Waals surface area contributed by atoms with E-state index in [1.807, 2.05) is 6.92 Å². The number of nitro groups is 1. The summed E-state index contributed by atoms with van der Waals surface area (Å²) in [7, 11) is 0. The summed E-state index contributed by atoms with van der Waals surface area (Å²) in [5, 5.41) is 10.7.